The topological polar surface area (TPSA) is 88.3 Å². The summed E-state index contributed by atoms with van der Waals surface area (Å²) in [5, 5.41) is 16.4. The second kappa shape index (κ2) is 7.50. The second-order valence-electron chi connectivity index (χ2n) is 4.42. The zero-order chi connectivity index (χ0) is 14.3. The molecular weight excluding hydrogens is 248 g/mol. The summed E-state index contributed by atoms with van der Waals surface area (Å²) in [5.41, 5.74) is 0.789. The number of nitrogens with zero attached hydrogens (tertiary/aromatic N) is 4. The van der Waals surface area contributed by atoms with Crippen molar-refractivity contribution in [2.45, 2.75) is 39.2 Å². The van der Waals surface area contributed by atoms with E-state index in [0.29, 0.717) is 19.4 Å². The van der Waals surface area contributed by atoms with Crippen molar-refractivity contribution < 1.29 is 14.7 Å². The Kier molecular flexibility index (Phi) is 5.98. The summed E-state index contributed by atoms with van der Waals surface area (Å²) in [6, 6.07) is 0. The number of carboxylic acid groups (broad SMARTS) is 1. The first kappa shape index (κ1) is 15.1. The number of unbranched alkanes of at least 4 members (excludes halogenated alkanes) is 1. The van der Waals surface area contributed by atoms with Gasteiger partial charge in [-0.25, -0.2) is 4.68 Å². The molecule has 106 valence electrons. The second-order valence-corrected chi connectivity index (χ2v) is 4.42. The van der Waals surface area contributed by atoms with E-state index in [0.717, 1.165) is 12.1 Å². The number of amides is 1. The normalized spacial score (nSPS) is 10.4. The number of carbonyl (C=O) groups excluding carboxylic acids is 1. The first-order valence-electron chi connectivity index (χ1n) is 6.37. The summed E-state index contributed by atoms with van der Waals surface area (Å²) >= 11 is 0. The fourth-order valence-electron chi connectivity index (χ4n) is 1.55. The van der Waals surface area contributed by atoms with Crippen LogP contribution < -0.4 is 0 Å². The monoisotopic (exact) mass is 268 g/mol. The Morgan fingerprint density at radius 2 is 2.16 bits per heavy atom. The van der Waals surface area contributed by atoms with E-state index in [1.165, 1.54) is 4.68 Å². The van der Waals surface area contributed by atoms with E-state index >= 15 is 0 Å². The maximum Gasteiger partial charge on any atom is 0.303 e. The van der Waals surface area contributed by atoms with Crippen LogP contribution in [0.1, 0.15) is 31.9 Å². The Morgan fingerprint density at radius 1 is 1.42 bits per heavy atom. The summed E-state index contributed by atoms with van der Waals surface area (Å²) in [4.78, 5) is 23.6. The molecule has 0 fully saturated rings. The average molecular weight is 268 g/mol. The van der Waals surface area contributed by atoms with E-state index in [-0.39, 0.29) is 18.9 Å². The van der Waals surface area contributed by atoms with Gasteiger partial charge in [0.25, 0.3) is 0 Å². The Bertz CT molecular complexity index is 430. The summed E-state index contributed by atoms with van der Waals surface area (Å²) in [5.74, 6) is -0.790. The fourth-order valence-corrected chi connectivity index (χ4v) is 1.55. The van der Waals surface area contributed by atoms with E-state index in [2.05, 4.69) is 10.3 Å². The minimum atomic E-state index is -0.781. The van der Waals surface area contributed by atoms with Crippen LogP contribution in [0.3, 0.4) is 0 Å². The number of aryl methyl sites for hydroxylation is 1. The predicted octanol–water partition coefficient (Wildman–Crippen LogP) is 0.554. The third-order valence-corrected chi connectivity index (χ3v) is 2.86. The molecule has 0 unspecified atom stereocenters. The zero-order valence-corrected chi connectivity index (χ0v) is 11.4. The Morgan fingerprint density at radius 3 is 2.79 bits per heavy atom. The van der Waals surface area contributed by atoms with Crippen LogP contribution in [0.4, 0.5) is 0 Å². The highest BCUT2D eigenvalue weighted by Crippen LogP contribution is 2.03. The van der Waals surface area contributed by atoms with E-state index in [4.69, 9.17) is 5.11 Å². The van der Waals surface area contributed by atoms with Gasteiger partial charge in [0.2, 0.25) is 5.91 Å². The molecule has 1 rings (SSSR count). The van der Waals surface area contributed by atoms with E-state index in [1.807, 2.05) is 6.92 Å². The lowest BCUT2D eigenvalue weighted by molar-refractivity contribution is -0.137. The molecule has 19 heavy (non-hydrogen) atoms. The van der Waals surface area contributed by atoms with Gasteiger partial charge in [-0.05, 0) is 26.2 Å². The van der Waals surface area contributed by atoms with E-state index < -0.39 is 5.97 Å². The van der Waals surface area contributed by atoms with Gasteiger partial charge >= 0.3 is 5.97 Å². The molecule has 1 heterocycles. The summed E-state index contributed by atoms with van der Waals surface area (Å²) in [6.45, 7) is 2.76. The average Bonchev–Trinajstić information content (AvgIpc) is 2.81. The molecule has 0 aliphatic heterocycles. The Balaban J connectivity index is 2.36. The van der Waals surface area contributed by atoms with Gasteiger partial charge in [-0.2, -0.15) is 0 Å². The zero-order valence-electron chi connectivity index (χ0n) is 11.4. The van der Waals surface area contributed by atoms with Crippen LogP contribution in [0.15, 0.2) is 6.20 Å². The van der Waals surface area contributed by atoms with Crippen molar-refractivity contribution in [2.75, 3.05) is 13.6 Å². The summed E-state index contributed by atoms with van der Waals surface area (Å²) in [6.07, 6.45) is 3.98. The maximum absolute atomic E-state index is 11.7. The largest absolute Gasteiger partial charge is 0.481 e. The van der Waals surface area contributed by atoms with E-state index in [1.54, 1.807) is 18.1 Å². The molecule has 7 nitrogen and oxygen atoms in total. The molecule has 0 bridgehead atoms. The minimum absolute atomic E-state index is 0.00942. The van der Waals surface area contributed by atoms with Crippen molar-refractivity contribution in [2.24, 2.45) is 0 Å². The summed E-state index contributed by atoms with van der Waals surface area (Å²) in [7, 11) is 1.74. The number of hydrogen-bond acceptors (Lipinski definition) is 4. The van der Waals surface area contributed by atoms with Crippen molar-refractivity contribution in [3.05, 3.63) is 11.9 Å². The quantitative estimate of drug-likeness (QED) is 0.696. The number of hydrogen-bond donors (Lipinski definition) is 1. The van der Waals surface area contributed by atoms with E-state index in [9.17, 15) is 9.59 Å². The molecule has 1 amide bonds. The third kappa shape index (κ3) is 5.50. The first-order chi connectivity index (χ1) is 9.02. The number of rotatable bonds is 8. The molecule has 0 radical (unpaired) electrons. The molecule has 0 saturated heterocycles. The molecule has 1 aromatic rings. The maximum atomic E-state index is 11.7. The lowest BCUT2D eigenvalue weighted by atomic mass is 10.1. The van der Waals surface area contributed by atoms with Gasteiger partial charge in [0.15, 0.2) is 0 Å². The number of aliphatic carboxylic acids is 1. The molecule has 0 aromatic carbocycles. The van der Waals surface area contributed by atoms with Gasteiger partial charge in [-0.15, -0.1) is 5.10 Å². The van der Waals surface area contributed by atoms with Crippen LogP contribution in [-0.4, -0.2) is 50.5 Å². The van der Waals surface area contributed by atoms with Crippen LogP contribution in [0.25, 0.3) is 0 Å². The number of carbonyl (C=O) groups is 2. The molecule has 1 N–H and O–H groups in total. The van der Waals surface area contributed by atoms with Gasteiger partial charge in [-0.3, -0.25) is 9.59 Å². The molecule has 0 aliphatic carbocycles. The molecule has 0 saturated carbocycles. The van der Waals surface area contributed by atoms with Crippen molar-refractivity contribution in [1.29, 1.82) is 0 Å². The lowest BCUT2D eigenvalue weighted by Crippen LogP contribution is -2.30. The highest BCUT2D eigenvalue weighted by molar-refractivity contribution is 5.75. The highest BCUT2D eigenvalue weighted by Gasteiger charge is 2.09. The molecular formula is C12H20N4O3. The SMILES string of the molecule is CCN(C)C(=O)Cn1cc(CCCCC(=O)O)nn1. The molecule has 7 heteroatoms. The standard InChI is InChI=1S/C12H20N4O3/c1-3-15(2)11(17)9-16-8-10(13-14-16)6-4-5-7-12(18)19/h8H,3-7,9H2,1-2H3,(H,18,19). The lowest BCUT2D eigenvalue weighted by Gasteiger charge is -2.13. The fraction of sp³-hybridized carbons (Fsp3) is 0.667. The van der Waals surface area contributed by atoms with Crippen molar-refractivity contribution in [3.63, 3.8) is 0 Å². The van der Waals surface area contributed by atoms with Gasteiger partial charge in [-0.1, -0.05) is 5.21 Å². The van der Waals surface area contributed by atoms with Crippen LogP contribution in [0.2, 0.25) is 0 Å². The third-order valence-electron chi connectivity index (χ3n) is 2.86. The number of aromatic nitrogens is 3. The molecule has 1 aromatic heterocycles. The first-order valence-corrected chi connectivity index (χ1v) is 6.37. The van der Waals surface area contributed by atoms with Gasteiger partial charge in [0.05, 0.1) is 5.69 Å². The summed E-state index contributed by atoms with van der Waals surface area (Å²) < 4.78 is 1.51. The van der Waals surface area contributed by atoms with Gasteiger partial charge in [0, 0.05) is 26.2 Å². The van der Waals surface area contributed by atoms with Crippen LogP contribution in [0.5, 0.6) is 0 Å². The highest BCUT2D eigenvalue weighted by atomic mass is 16.4. The van der Waals surface area contributed by atoms with Gasteiger partial charge < -0.3 is 10.0 Å². The smallest absolute Gasteiger partial charge is 0.303 e. The van der Waals surface area contributed by atoms with Crippen LogP contribution in [0, 0.1) is 0 Å². The molecule has 0 atom stereocenters. The van der Waals surface area contributed by atoms with Crippen LogP contribution in [-0.2, 0) is 22.6 Å². The number of likely N-dealkylation sites (N-methyl/N-ethyl adjacent to an activating group) is 1. The Labute approximate surface area is 112 Å². The van der Waals surface area contributed by atoms with Crippen molar-refractivity contribution in [1.82, 2.24) is 19.9 Å². The predicted molar refractivity (Wildman–Crippen MR) is 68.5 cm³/mol. The minimum Gasteiger partial charge on any atom is -0.481 e. The van der Waals surface area contributed by atoms with Gasteiger partial charge in [0.1, 0.15) is 6.54 Å². The molecule has 0 spiro atoms. The van der Waals surface area contributed by atoms with Crippen molar-refractivity contribution >= 4 is 11.9 Å². The van der Waals surface area contributed by atoms with Crippen molar-refractivity contribution in [3.8, 4) is 0 Å². The molecule has 0 aliphatic rings. The Hall–Kier alpha value is -1.92. The van der Waals surface area contributed by atoms with Crippen LogP contribution >= 0.6 is 0 Å². The number of carboxylic acids is 1.